The second-order valence-corrected chi connectivity index (χ2v) is 5.50. The average Bonchev–Trinajstić information content (AvgIpc) is 2.53. The van der Waals surface area contributed by atoms with Crippen LogP contribution in [0.15, 0.2) is 47.7 Å². The van der Waals surface area contributed by atoms with Crippen molar-refractivity contribution in [2.24, 2.45) is 4.99 Å². The summed E-state index contributed by atoms with van der Waals surface area (Å²) in [5, 5.41) is 0. The number of rotatable bonds is 5. The zero-order chi connectivity index (χ0) is 15.4. The Balaban J connectivity index is 1.53. The highest BCUT2D eigenvalue weighted by Crippen LogP contribution is 2.26. The molecule has 112 valence electrons. The molecule has 2 aromatic rings. The molecule has 0 saturated carbocycles. The van der Waals surface area contributed by atoms with Crippen molar-refractivity contribution in [2.45, 2.75) is 32.1 Å². The van der Waals surface area contributed by atoms with Gasteiger partial charge in [0.15, 0.2) is 5.78 Å². The second-order valence-electron chi connectivity index (χ2n) is 5.50. The molecule has 0 unspecified atom stereocenters. The van der Waals surface area contributed by atoms with E-state index in [2.05, 4.69) is 9.98 Å². The first kappa shape index (κ1) is 14.6. The lowest BCUT2D eigenvalue weighted by Gasteiger charge is -2.13. The molecule has 0 aliphatic carbocycles. The summed E-state index contributed by atoms with van der Waals surface area (Å²) in [7, 11) is 0. The average molecular weight is 296 g/mol. The van der Waals surface area contributed by atoms with Crippen LogP contribution in [0.1, 0.15) is 41.6 Å². The lowest BCUT2D eigenvalue weighted by Crippen LogP contribution is -2.13. The first-order valence-corrected chi connectivity index (χ1v) is 7.50. The maximum Gasteiger partial charge on any atom is 0.172 e. The highest BCUT2D eigenvalue weighted by Gasteiger charge is 2.19. The number of aryl methyl sites for hydroxylation is 1. The van der Waals surface area contributed by atoms with Gasteiger partial charge in [0.1, 0.15) is 5.82 Å². The summed E-state index contributed by atoms with van der Waals surface area (Å²) in [6.45, 7) is 0. The lowest BCUT2D eigenvalue weighted by molar-refractivity contribution is 0.0999. The third-order valence-corrected chi connectivity index (χ3v) is 3.84. The van der Waals surface area contributed by atoms with E-state index in [1.54, 1.807) is 18.5 Å². The van der Waals surface area contributed by atoms with Crippen LogP contribution in [0.5, 0.6) is 0 Å². The van der Waals surface area contributed by atoms with Crippen molar-refractivity contribution in [2.75, 3.05) is 0 Å². The van der Waals surface area contributed by atoms with Gasteiger partial charge in [-0.3, -0.25) is 14.8 Å². The van der Waals surface area contributed by atoms with Crippen molar-refractivity contribution < 1.29 is 9.18 Å². The second kappa shape index (κ2) is 6.60. The largest absolute Gasteiger partial charge is 0.294 e. The van der Waals surface area contributed by atoms with Crippen LogP contribution < -0.4 is 0 Å². The number of pyridine rings is 1. The third-order valence-electron chi connectivity index (χ3n) is 3.84. The first-order valence-electron chi connectivity index (χ1n) is 7.50. The maximum atomic E-state index is 12.8. The van der Waals surface area contributed by atoms with Crippen LogP contribution in [0.2, 0.25) is 0 Å². The van der Waals surface area contributed by atoms with Crippen LogP contribution in [-0.4, -0.2) is 16.5 Å². The topological polar surface area (TPSA) is 42.3 Å². The van der Waals surface area contributed by atoms with Gasteiger partial charge in [-0.2, -0.15) is 0 Å². The summed E-state index contributed by atoms with van der Waals surface area (Å²) in [5.74, 6) is -0.0985. The number of halogens is 1. The predicted molar refractivity (Wildman–Crippen MR) is 84.2 cm³/mol. The lowest BCUT2D eigenvalue weighted by atomic mass is 9.98. The van der Waals surface area contributed by atoms with Crippen molar-refractivity contribution in [1.82, 2.24) is 4.98 Å². The number of benzene rings is 1. The van der Waals surface area contributed by atoms with Crippen molar-refractivity contribution >= 4 is 17.2 Å². The van der Waals surface area contributed by atoms with Crippen molar-refractivity contribution in [3.8, 4) is 0 Å². The van der Waals surface area contributed by atoms with Gasteiger partial charge in [0, 0.05) is 24.5 Å². The van der Waals surface area contributed by atoms with Gasteiger partial charge in [0.2, 0.25) is 0 Å². The Kier molecular flexibility index (Phi) is 4.37. The Morgan fingerprint density at radius 3 is 2.64 bits per heavy atom. The van der Waals surface area contributed by atoms with Gasteiger partial charge >= 0.3 is 0 Å². The number of ketones is 1. The summed E-state index contributed by atoms with van der Waals surface area (Å²) in [4.78, 5) is 20.6. The molecule has 22 heavy (non-hydrogen) atoms. The molecule has 1 aromatic heterocycles. The Bertz CT molecular complexity index is 707. The summed E-state index contributed by atoms with van der Waals surface area (Å²) in [6, 6.07) is 8.40. The van der Waals surface area contributed by atoms with E-state index < -0.39 is 0 Å². The van der Waals surface area contributed by atoms with Gasteiger partial charge in [-0.1, -0.05) is 12.1 Å². The standard InChI is InChI=1S/C18H17FN2O/c19-14-7-5-13(6-8-14)3-1-2-4-15-11-18(22)16-12-20-10-9-17(16)21-15/h5-10,12H,1-4,11H2. The van der Waals surface area contributed by atoms with E-state index in [9.17, 15) is 9.18 Å². The number of unbranched alkanes of at least 4 members (excludes halogenated alkanes) is 1. The molecule has 0 saturated heterocycles. The molecule has 0 atom stereocenters. The van der Waals surface area contributed by atoms with E-state index in [0.29, 0.717) is 12.0 Å². The summed E-state index contributed by atoms with van der Waals surface area (Å²) in [6.07, 6.45) is 7.37. The van der Waals surface area contributed by atoms with Crippen molar-refractivity contribution in [3.05, 3.63) is 59.7 Å². The molecular weight excluding hydrogens is 279 g/mol. The van der Waals surface area contributed by atoms with Gasteiger partial charge in [0.05, 0.1) is 11.3 Å². The van der Waals surface area contributed by atoms with Crippen molar-refractivity contribution in [1.29, 1.82) is 0 Å². The Morgan fingerprint density at radius 1 is 1.05 bits per heavy atom. The number of aromatic nitrogens is 1. The molecule has 1 aromatic carbocycles. The molecule has 4 heteroatoms. The van der Waals surface area contributed by atoms with Crippen LogP contribution in [0.25, 0.3) is 0 Å². The number of hydrogen-bond acceptors (Lipinski definition) is 3. The fraction of sp³-hybridized carbons (Fsp3) is 0.278. The molecule has 0 amide bonds. The third kappa shape index (κ3) is 3.45. The van der Waals surface area contributed by atoms with Gasteiger partial charge < -0.3 is 0 Å². The van der Waals surface area contributed by atoms with Crippen LogP contribution in [0, 0.1) is 5.82 Å². The number of carbonyl (C=O) groups is 1. The molecule has 1 aliphatic heterocycles. The summed E-state index contributed by atoms with van der Waals surface area (Å²) in [5.41, 5.74) is 3.44. The molecule has 0 radical (unpaired) electrons. The number of fused-ring (bicyclic) bond motifs is 1. The molecule has 3 rings (SSSR count). The van der Waals surface area contributed by atoms with Crippen LogP contribution in [0.4, 0.5) is 10.1 Å². The minimum Gasteiger partial charge on any atom is -0.294 e. The molecule has 2 heterocycles. The number of Topliss-reactive ketones (excluding diaryl/α,β-unsaturated/α-hetero) is 1. The Hall–Kier alpha value is -2.36. The van der Waals surface area contributed by atoms with Crippen LogP contribution in [0.3, 0.4) is 0 Å². The highest BCUT2D eigenvalue weighted by molar-refractivity contribution is 6.15. The van der Waals surface area contributed by atoms with E-state index in [1.807, 2.05) is 12.1 Å². The van der Waals surface area contributed by atoms with Crippen LogP contribution in [-0.2, 0) is 6.42 Å². The molecule has 0 N–H and O–H groups in total. The van der Waals surface area contributed by atoms with E-state index in [-0.39, 0.29) is 11.6 Å². The maximum absolute atomic E-state index is 12.8. The first-order chi connectivity index (χ1) is 10.7. The zero-order valence-corrected chi connectivity index (χ0v) is 12.3. The summed E-state index contributed by atoms with van der Waals surface area (Å²) < 4.78 is 12.8. The minimum absolute atomic E-state index is 0.103. The van der Waals surface area contributed by atoms with Gasteiger partial charge in [-0.25, -0.2) is 4.39 Å². The molecule has 0 spiro atoms. The molecule has 3 nitrogen and oxygen atoms in total. The van der Waals surface area contributed by atoms with E-state index in [4.69, 9.17) is 0 Å². The molecular formula is C18H17FN2O. The highest BCUT2D eigenvalue weighted by atomic mass is 19.1. The fourth-order valence-electron chi connectivity index (χ4n) is 2.64. The molecule has 1 aliphatic rings. The normalized spacial score (nSPS) is 13.7. The van der Waals surface area contributed by atoms with Gasteiger partial charge in [-0.15, -0.1) is 0 Å². The predicted octanol–water partition coefficient (Wildman–Crippen LogP) is 4.29. The smallest absolute Gasteiger partial charge is 0.172 e. The Labute approximate surface area is 128 Å². The minimum atomic E-state index is -0.202. The molecule has 0 fully saturated rings. The van der Waals surface area contributed by atoms with Gasteiger partial charge in [-0.05, 0) is 49.4 Å². The monoisotopic (exact) mass is 296 g/mol. The number of aliphatic imine (C=N–C) groups is 1. The number of nitrogens with zero attached hydrogens (tertiary/aromatic N) is 2. The zero-order valence-electron chi connectivity index (χ0n) is 12.3. The quantitative estimate of drug-likeness (QED) is 0.772. The van der Waals surface area contributed by atoms with E-state index in [1.165, 1.54) is 12.1 Å². The number of carbonyl (C=O) groups excluding carboxylic acids is 1. The summed E-state index contributed by atoms with van der Waals surface area (Å²) >= 11 is 0. The van der Waals surface area contributed by atoms with Gasteiger partial charge in [0.25, 0.3) is 0 Å². The van der Waals surface area contributed by atoms with Crippen LogP contribution >= 0.6 is 0 Å². The molecule has 0 bridgehead atoms. The SMILES string of the molecule is O=C1CC(CCCCc2ccc(F)cc2)=Nc2ccncc21. The van der Waals surface area contributed by atoms with E-state index in [0.717, 1.165) is 42.6 Å². The van der Waals surface area contributed by atoms with E-state index >= 15 is 0 Å². The van der Waals surface area contributed by atoms with Crippen molar-refractivity contribution in [3.63, 3.8) is 0 Å². The number of hydrogen-bond donors (Lipinski definition) is 0. The Morgan fingerprint density at radius 2 is 1.82 bits per heavy atom. The fourth-order valence-corrected chi connectivity index (χ4v) is 2.64.